The summed E-state index contributed by atoms with van der Waals surface area (Å²) in [4.78, 5) is 37.1. The Balaban J connectivity index is 1.95. The number of nitrogens with zero attached hydrogens (tertiary/aromatic N) is 1. The SMILES string of the molecule is CC(=O)O[C@@H]1CN(C(=O)OCc2ccccc2)C[C@H]1NC(=O)OC(C)(C)C. The number of likely N-dealkylation sites (tertiary alicyclic amines) is 1. The number of carbonyl (C=O) groups is 3. The van der Waals surface area contributed by atoms with Crippen molar-refractivity contribution in [1.29, 1.82) is 0 Å². The van der Waals surface area contributed by atoms with Crippen LogP contribution in [0.2, 0.25) is 0 Å². The van der Waals surface area contributed by atoms with Gasteiger partial charge in [-0.1, -0.05) is 30.3 Å². The van der Waals surface area contributed by atoms with E-state index in [-0.39, 0.29) is 19.7 Å². The molecule has 1 heterocycles. The zero-order valence-corrected chi connectivity index (χ0v) is 16.1. The lowest BCUT2D eigenvalue weighted by Crippen LogP contribution is -2.46. The monoisotopic (exact) mass is 378 g/mol. The quantitative estimate of drug-likeness (QED) is 0.639. The summed E-state index contributed by atoms with van der Waals surface area (Å²) in [6.45, 7) is 6.95. The van der Waals surface area contributed by atoms with Crippen molar-refractivity contribution in [3.63, 3.8) is 0 Å². The average Bonchev–Trinajstić information content (AvgIpc) is 2.93. The third-order valence-electron chi connectivity index (χ3n) is 3.75. The van der Waals surface area contributed by atoms with E-state index in [1.807, 2.05) is 30.3 Å². The van der Waals surface area contributed by atoms with Gasteiger partial charge in [0, 0.05) is 13.5 Å². The van der Waals surface area contributed by atoms with Crippen LogP contribution in [0.25, 0.3) is 0 Å². The molecular formula is C19H26N2O6. The van der Waals surface area contributed by atoms with Gasteiger partial charge in [0.25, 0.3) is 0 Å². The van der Waals surface area contributed by atoms with Gasteiger partial charge < -0.3 is 24.4 Å². The molecule has 0 aliphatic carbocycles. The number of ether oxygens (including phenoxy) is 3. The fourth-order valence-electron chi connectivity index (χ4n) is 2.66. The first-order valence-electron chi connectivity index (χ1n) is 8.76. The largest absolute Gasteiger partial charge is 0.458 e. The van der Waals surface area contributed by atoms with E-state index in [1.165, 1.54) is 11.8 Å². The van der Waals surface area contributed by atoms with Gasteiger partial charge in [-0.25, -0.2) is 9.59 Å². The summed E-state index contributed by atoms with van der Waals surface area (Å²) in [5.41, 5.74) is 0.207. The topological polar surface area (TPSA) is 94.2 Å². The third-order valence-corrected chi connectivity index (χ3v) is 3.75. The van der Waals surface area contributed by atoms with E-state index >= 15 is 0 Å². The predicted octanol–water partition coefficient (Wildman–Crippen LogP) is 2.46. The van der Waals surface area contributed by atoms with E-state index in [4.69, 9.17) is 14.2 Å². The summed E-state index contributed by atoms with van der Waals surface area (Å²) in [6, 6.07) is 8.72. The third kappa shape index (κ3) is 6.80. The Morgan fingerprint density at radius 3 is 2.41 bits per heavy atom. The summed E-state index contributed by atoms with van der Waals surface area (Å²) < 4.78 is 15.8. The number of amides is 2. The molecule has 0 aromatic heterocycles. The Kier molecular flexibility index (Phi) is 6.65. The summed E-state index contributed by atoms with van der Waals surface area (Å²) in [6.07, 6.45) is -1.84. The molecule has 1 N–H and O–H groups in total. The molecule has 8 nitrogen and oxygen atoms in total. The highest BCUT2D eigenvalue weighted by molar-refractivity contribution is 5.71. The van der Waals surface area contributed by atoms with Crippen molar-refractivity contribution < 1.29 is 28.6 Å². The van der Waals surface area contributed by atoms with E-state index in [2.05, 4.69) is 5.32 Å². The second-order valence-corrected chi connectivity index (χ2v) is 7.35. The van der Waals surface area contributed by atoms with Gasteiger partial charge >= 0.3 is 18.2 Å². The minimum atomic E-state index is -0.667. The van der Waals surface area contributed by atoms with Crippen LogP contribution in [0.4, 0.5) is 9.59 Å². The first-order chi connectivity index (χ1) is 12.6. The van der Waals surface area contributed by atoms with Gasteiger partial charge in [-0.3, -0.25) is 4.79 Å². The van der Waals surface area contributed by atoms with E-state index in [0.717, 1.165) is 5.56 Å². The van der Waals surface area contributed by atoms with Crippen molar-refractivity contribution in [2.75, 3.05) is 13.1 Å². The van der Waals surface area contributed by atoms with Crippen LogP contribution in [-0.4, -0.2) is 53.9 Å². The van der Waals surface area contributed by atoms with Crippen LogP contribution < -0.4 is 5.32 Å². The maximum Gasteiger partial charge on any atom is 0.410 e. The number of nitrogens with one attached hydrogen (secondary N) is 1. The molecule has 1 fully saturated rings. The number of rotatable bonds is 4. The Morgan fingerprint density at radius 2 is 1.81 bits per heavy atom. The Hall–Kier alpha value is -2.77. The van der Waals surface area contributed by atoms with Crippen LogP contribution in [0.5, 0.6) is 0 Å². The van der Waals surface area contributed by atoms with Crippen LogP contribution in [0.3, 0.4) is 0 Å². The highest BCUT2D eigenvalue weighted by Crippen LogP contribution is 2.17. The van der Waals surface area contributed by atoms with Crippen LogP contribution >= 0.6 is 0 Å². The number of benzene rings is 1. The fourth-order valence-corrected chi connectivity index (χ4v) is 2.66. The molecule has 1 saturated heterocycles. The molecule has 2 atom stereocenters. The van der Waals surface area contributed by atoms with Gasteiger partial charge in [0.15, 0.2) is 0 Å². The summed E-state index contributed by atoms with van der Waals surface area (Å²) in [5.74, 6) is -0.490. The van der Waals surface area contributed by atoms with E-state index in [0.29, 0.717) is 0 Å². The first kappa shape index (κ1) is 20.5. The van der Waals surface area contributed by atoms with Crippen LogP contribution in [0.15, 0.2) is 30.3 Å². The molecule has 1 aromatic carbocycles. The highest BCUT2D eigenvalue weighted by Gasteiger charge is 2.39. The van der Waals surface area contributed by atoms with Crippen LogP contribution in [-0.2, 0) is 25.6 Å². The molecule has 0 radical (unpaired) electrons. The molecule has 0 spiro atoms. The van der Waals surface area contributed by atoms with Gasteiger partial charge in [0.05, 0.1) is 12.6 Å². The smallest absolute Gasteiger partial charge is 0.410 e. The Morgan fingerprint density at radius 1 is 1.15 bits per heavy atom. The van der Waals surface area contributed by atoms with Gasteiger partial charge in [0.2, 0.25) is 0 Å². The predicted molar refractivity (Wildman–Crippen MR) is 96.9 cm³/mol. The maximum absolute atomic E-state index is 12.3. The molecule has 0 saturated carbocycles. The molecule has 1 aliphatic heterocycles. The van der Waals surface area contributed by atoms with Crippen LogP contribution in [0, 0.1) is 0 Å². The van der Waals surface area contributed by atoms with Gasteiger partial charge in [0.1, 0.15) is 18.3 Å². The summed E-state index contributed by atoms with van der Waals surface area (Å²) in [5, 5.41) is 2.66. The zero-order valence-electron chi connectivity index (χ0n) is 16.1. The number of hydrogen-bond donors (Lipinski definition) is 1. The van der Waals surface area contributed by atoms with Crippen molar-refractivity contribution in [2.45, 2.75) is 52.0 Å². The number of alkyl carbamates (subject to hydrolysis) is 1. The lowest BCUT2D eigenvalue weighted by molar-refractivity contribution is -0.146. The maximum atomic E-state index is 12.3. The Labute approximate surface area is 158 Å². The molecule has 2 amide bonds. The normalized spacial score (nSPS) is 19.3. The number of esters is 1. The molecule has 0 bridgehead atoms. The first-order valence-corrected chi connectivity index (χ1v) is 8.76. The van der Waals surface area contributed by atoms with Crippen molar-refractivity contribution in [2.24, 2.45) is 0 Å². The zero-order chi connectivity index (χ0) is 20.0. The second kappa shape index (κ2) is 8.75. The minimum absolute atomic E-state index is 0.133. The molecule has 148 valence electrons. The number of carbonyl (C=O) groups excluding carboxylic acids is 3. The second-order valence-electron chi connectivity index (χ2n) is 7.35. The molecule has 8 heteroatoms. The Bertz CT molecular complexity index is 671. The summed E-state index contributed by atoms with van der Waals surface area (Å²) in [7, 11) is 0. The van der Waals surface area contributed by atoms with E-state index in [1.54, 1.807) is 20.8 Å². The number of hydrogen-bond acceptors (Lipinski definition) is 6. The van der Waals surface area contributed by atoms with Gasteiger partial charge in [-0.05, 0) is 26.3 Å². The molecule has 1 aromatic rings. The molecule has 27 heavy (non-hydrogen) atoms. The standard InChI is InChI=1S/C19H26N2O6/c1-13(22)26-16-11-21(10-15(16)20-17(23)27-19(2,3)4)18(24)25-12-14-8-6-5-7-9-14/h5-9,15-16H,10-12H2,1-4H3,(H,20,23)/t15-,16-/m1/s1. The van der Waals surface area contributed by atoms with Crippen molar-refractivity contribution >= 4 is 18.2 Å². The van der Waals surface area contributed by atoms with E-state index < -0.39 is 35.9 Å². The van der Waals surface area contributed by atoms with Gasteiger partial charge in [-0.2, -0.15) is 0 Å². The minimum Gasteiger partial charge on any atom is -0.458 e. The van der Waals surface area contributed by atoms with Crippen molar-refractivity contribution in [1.82, 2.24) is 10.2 Å². The summed E-state index contributed by atoms with van der Waals surface area (Å²) >= 11 is 0. The highest BCUT2D eigenvalue weighted by atomic mass is 16.6. The molecule has 1 aliphatic rings. The van der Waals surface area contributed by atoms with Gasteiger partial charge in [-0.15, -0.1) is 0 Å². The van der Waals surface area contributed by atoms with Crippen LogP contribution in [0.1, 0.15) is 33.3 Å². The molecular weight excluding hydrogens is 352 g/mol. The fraction of sp³-hybridized carbons (Fsp3) is 0.526. The van der Waals surface area contributed by atoms with E-state index in [9.17, 15) is 14.4 Å². The van der Waals surface area contributed by atoms with Crippen molar-refractivity contribution in [3.8, 4) is 0 Å². The lowest BCUT2D eigenvalue weighted by atomic mass is 10.2. The molecule has 2 rings (SSSR count). The molecule has 0 unspecified atom stereocenters. The van der Waals surface area contributed by atoms with Crippen molar-refractivity contribution in [3.05, 3.63) is 35.9 Å². The lowest BCUT2D eigenvalue weighted by Gasteiger charge is -2.23. The average molecular weight is 378 g/mol.